The summed E-state index contributed by atoms with van der Waals surface area (Å²) in [5, 5.41) is 2.72. The maximum absolute atomic E-state index is 12.2. The van der Waals surface area contributed by atoms with Gasteiger partial charge in [-0.2, -0.15) is 0 Å². The van der Waals surface area contributed by atoms with E-state index in [1.54, 1.807) is 12.1 Å². The molecule has 0 saturated heterocycles. The molecule has 0 spiro atoms. The summed E-state index contributed by atoms with van der Waals surface area (Å²) in [5.41, 5.74) is 2.77. The summed E-state index contributed by atoms with van der Waals surface area (Å²) >= 11 is 0. The predicted octanol–water partition coefficient (Wildman–Crippen LogP) is 2.40. The van der Waals surface area contributed by atoms with Gasteiger partial charge in [0.15, 0.2) is 15.9 Å². The number of rotatable bonds is 7. The van der Waals surface area contributed by atoms with E-state index < -0.39 is 27.8 Å². The van der Waals surface area contributed by atoms with Crippen LogP contribution in [0.5, 0.6) is 0 Å². The Morgan fingerprint density at radius 1 is 1.07 bits per heavy atom. The molecule has 144 valence electrons. The highest BCUT2D eigenvalue weighted by molar-refractivity contribution is 7.89. The number of hydrogen-bond donors (Lipinski definition) is 1. The summed E-state index contributed by atoms with van der Waals surface area (Å²) in [6.07, 6.45) is 0.153. The Balaban J connectivity index is 1.93. The largest absolute Gasteiger partial charge is 0.449 e. The molecule has 2 aromatic rings. The topological polar surface area (TPSA) is 89.5 Å². The number of sulfone groups is 1. The van der Waals surface area contributed by atoms with Crippen molar-refractivity contribution >= 4 is 21.7 Å². The van der Waals surface area contributed by atoms with Crippen LogP contribution in [0.15, 0.2) is 48.5 Å². The molecule has 2 aromatic carbocycles. The first-order valence-electron chi connectivity index (χ1n) is 8.45. The van der Waals surface area contributed by atoms with Crippen molar-refractivity contribution in [1.29, 1.82) is 0 Å². The Labute approximate surface area is 159 Å². The van der Waals surface area contributed by atoms with Crippen LogP contribution in [0.4, 0.5) is 0 Å². The second-order valence-electron chi connectivity index (χ2n) is 6.52. The number of benzene rings is 2. The van der Waals surface area contributed by atoms with Crippen molar-refractivity contribution in [3.05, 3.63) is 70.8 Å². The first-order valence-corrected chi connectivity index (χ1v) is 10.5. The quantitative estimate of drug-likeness (QED) is 0.735. The Morgan fingerprint density at radius 3 is 2.37 bits per heavy atom. The van der Waals surface area contributed by atoms with Crippen molar-refractivity contribution < 1.29 is 22.7 Å². The lowest BCUT2D eigenvalue weighted by Crippen LogP contribution is -2.35. The molecule has 1 atom stereocenters. The lowest BCUT2D eigenvalue weighted by Gasteiger charge is -2.14. The van der Waals surface area contributed by atoms with Crippen LogP contribution in [0, 0.1) is 6.92 Å². The molecular weight excluding hydrogens is 366 g/mol. The summed E-state index contributed by atoms with van der Waals surface area (Å²) in [6.45, 7) is 3.81. The molecule has 0 radical (unpaired) electrons. The molecule has 1 unspecified atom stereocenters. The van der Waals surface area contributed by atoms with Gasteiger partial charge >= 0.3 is 5.97 Å². The highest BCUT2D eigenvalue weighted by atomic mass is 32.2. The van der Waals surface area contributed by atoms with Crippen molar-refractivity contribution in [3.63, 3.8) is 0 Å². The normalized spacial score (nSPS) is 12.3. The van der Waals surface area contributed by atoms with Crippen molar-refractivity contribution in [3.8, 4) is 0 Å². The lowest BCUT2D eigenvalue weighted by molar-refractivity contribution is -0.129. The molecule has 0 aliphatic rings. The monoisotopic (exact) mass is 389 g/mol. The van der Waals surface area contributed by atoms with Gasteiger partial charge in [0.25, 0.3) is 5.91 Å². The summed E-state index contributed by atoms with van der Waals surface area (Å²) in [5.74, 6) is -1.25. The van der Waals surface area contributed by atoms with Gasteiger partial charge in [-0.3, -0.25) is 4.79 Å². The van der Waals surface area contributed by atoms with Gasteiger partial charge in [-0.25, -0.2) is 13.2 Å². The summed E-state index contributed by atoms with van der Waals surface area (Å²) < 4.78 is 28.0. The molecule has 2 rings (SSSR count). The van der Waals surface area contributed by atoms with E-state index in [4.69, 9.17) is 4.74 Å². The van der Waals surface area contributed by atoms with Crippen molar-refractivity contribution in [2.75, 3.05) is 6.26 Å². The standard InChI is InChI=1S/C20H23NO5S/c1-14-7-9-16(10-8-14)12-21-19(22)15(2)26-20(23)18-6-4-5-17(11-18)13-27(3,24)25/h4-11,15H,12-13H2,1-3H3,(H,21,22). The van der Waals surface area contributed by atoms with Crippen LogP contribution in [0.2, 0.25) is 0 Å². The first-order chi connectivity index (χ1) is 12.6. The van der Waals surface area contributed by atoms with Crippen LogP contribution in [-0.4, -0.2) is 32.7 Å². The maximum Gasteiger partial charge on any atom is 0.338 e. The SMILES string of the molecule is Cc1ccc(CNC(=O)C(C)OC(=O)c2cccc(CS(C)(=O)=O)c2)cc1. The highest BCUT2D eigenvalue weighted by Crippen LogP contribution is 2.11. The fourth-order valence-electron chi connectivity index (χ4n) is 2.41. The van der Waals surface area contributed by atoms with E-state index in [9.17, 15) is 18.0 Å². The van der Waals surface area contributed by atoms with Crippen LogP contribution in [0.25, 0.3) is 0 Å². The minimum absolute atomic E-state index is 0.166. The van der Waals surface area contributed by atoms with Gasteiger partial charge in [0.2, 0.25) is 0 Å². The molecule has 0 bridgehead atoms. The van der Waals surface area contributed by atoms with Crippen molar-refractivity contribution in [1.82, 2.24) is 5.32 Å². The first kappa shape index (κ1) is 20.6. The van der Waals surface area contributed by atoms with Gasteiger partial charge in [-0.1, -0.05) is 42.0 Å². The van der Waals surface area contributed by atoms with Crippen LogP contribution in [0.1, 0.15) is 34.0 Å². The zero-order valence-corrected chi connectivity index (χ0v) is 16.4. The molecular formula is C20H23NO5S. The molecule has 6 nitrogen and oxygen atoms in total. The number of aryl methyl sites for hydroxylation is 1. The minimum Gasteiger partial charge on any atom is -0.449 e. The second-order valence-corrected chi connectivity index (χ2v) is 8.66. The fraction of sp³-hybridized carbons (Fsp3) is 0.300. The van der Waals surface area contributed by atoms with Gasteiger partial charge in [-0.15, -0.1) is 0 Å². The van der Waals surface area contributed by atoms with E-state index in [0.717, 1.165) is 17.4 Å². The predicted molar refractivity (Wildman–Crippen MR) is 103 cm³/mol. The molecule has 0 aliphatic heterocycles. The Hall–Kier alpha value is -2.67. The molecule has 0 aliphatic carbocycles. The number of carbonyl (C=O) groups is 2. The van der Waals surface area contributed by atoms with E-state index in [1.165, 1.54) is 19.1 Å². The third-order valence-corrected chi connectivity index (χ3v) is 4.69. The van der Waals surface area contributed by atoms with E-state index >= 15 is 0 Å². The molecule has 7 heteroatoms. The Bertz CT molecular complexity index is 920. The molecule has 1 amide bonds. The zero-order valence-electron chi connectivity index (χ0n) is 15.6. The summed E-state index contributed by atoms with van der Waals surface area (Å²) in [6, 6.07) is 13.9. The zero-order chi connectivity index (χ0) is 20.0. The fourth-order valence-corrected chi connectivity index (χ4v) is 3.20. The molecule has 27 heavy (non-hydrogen) atoms. The van der Waals surface area contributed by atoms with Gasteiger partial charge in [0.1, 0.15) is 0 Å². The lowest BCUT2D eigenvalue weighted by atomic mass is 10.1. The van der Waals surface area contributed by atoms with Gasteiger partial charge in [-0.05, 0) is 37.1 Å². The number of nitrogens with one attached hydrogen (secondary N) is 1. The summed E-state index contributed by atoms with van der Waals surface area (Å²) in [4.78, 5) is 24.4. The van der Waals surface area contributed by atoms with Crippen molar-refractivity contribution in [2.24, 2.45) is 0 Å². The van der Waals surface area contributed by atoms with Crippen molar-refractivity contribution in [2.45, 2.75) is 32.2 Å². The number of hydrogen-bond acceptors (Lipinski definition) is 5. The number of ether oxygens (including phenoxy) is 1. The molecule has 1 N–H and O–H groups in total. The third kappa shape index (κ3) is 6.86. The van der Waals surface area contributed by atoms with E-state index in [-0.39, 0.29) is 11.3 Å². The average molecular weight is 389 g/mol. The maximum atomic E-state index is 12.2. The number of amides is 1. The van der Waals surface area contributed by atoms with Gasteiger partial charge in [0, 0.05) is 12.8 Å². The molecule has 0 aromatic heterocycles. The van der Waals surface area contributed by atoms with Crippen LogP contribution >= 0.6 is 0 Å². The highest BCUT2D eigenvalue weighted by Gasteiger charge is 2.19. The van der Waals surface area contributed by atoms with Crippen LogP contribution in [0.3, 0.4) is 0 Å². The Morgan fingerprint density at radius 2 is 1.74 bits per heavy atom. The third-order valence-electron chi connectivity index (χ3n) is 3.83. The smallest absolute Gasteiger partial charge is 0.338 e. The Kier molecular flexibility index (Phi) is 6.74. The molecule has 0 heterocycles. The van der Waals surface area contributed by atoms with Gasteiger partial charge in [0.05, 0.1) is 11.3 Å². The van der Waals surface area contributed by atoms with E-state index in [1.807, 2.05) is 31.2 Å². The number of esters is 1. The number of carbonyl (C=O) groups excluding carboxylic acids is 2. The summed E-state index contributed by atoms with van der Waals surface area (Å²) in [7, 11) is -3.21. The average Bonchev–Trinajstić information content (AvgIpc) is 2.59. The van der Waals surface area contributed by atoms with Crippen LogP contribution < -0.4 is 5.32 Å². The molecule has 0 fully saturated rings. The van der Waals surface area contributed by atoms with Gasteiger partial charge < -0.3 is 10.1 Å². The molecule has 0 saturated carbocycles. The second kappa shape index (κ2) is 8.81. The minimum atomic E-state index is -3.21. The van der Waals surface area contributed by atoms with Crippen LogP contribution in [-0.2, 0) is 31.7 Å². The van der Waals surface area contributed by atoms with E-state index in [0.29, 0.717) is 12.1 Å². The van der Waals surface area contributed by atoms with E-state index in [2.05, 4.69) is 5.32 Å².